The quantitative estimate of drug-likeness (QED) is 0.395. The number of anilines is 1. The molecule has 1 aliphatic heterocycles. The number of amides is 1. The number of aromatic nitrogens is 2. The van der Waals surface area contributed by atoms with E-state index in [0.717, 1.165) is 11.4 Å². The lowest BCUT2D eigenvalue weighted by Gasteiger charge is -2.14. The molecule has 0 fully saturated rings. The highest BCUT2D eigenvalue weighted by Gasteiger charge is 2.22. The molecule has 0 bridgehead atoms. The molecule has 2 N–H and O–H groups in total. The van der Waals surface area contributed by atoms with Gasteiger partial charge < -0.3 is 15.4 Å². The molecule has 0 unspecified atom stereocenters. The van der Waals surface area contributed by atoms with Gasteiger partial charge >= 0.3 is 0 Å². The summed E-state index contributed by atoms with van der Waals surface area (Å²) in [6.45, 7) is 3.45. The van der Waals surface area contributed by atoms with Crippen molar-refractivity contribution in [3.63, 3.8) is 0 Å². The minimum Gasteiger partial charge on any atom is -0.494 e. The lowest BCUT2D eigenvalue weighted by Crippen LogP contribution is -2.27. The summed E-state index contributed by atoms with van der Waals surface area (Å²) in [5.74, 6) is 0.630. The first kappa shape index (κ1) is 19.8. The number of hydrogen-bond acceptors (Lipinski definition) is 7. The van der Waals surface area contributed by atoms with Crippen molar-refractivity contribution in [2.24, 2.45) is 0 Å². The molecule has 0 spiro atoms. The number of nitrogens with one attached hydrogen (secondary N) is 2. The molecule has 2 aromatic rings. The molecule has 1 aliphatic rings. The minimum absolute atomic E-state index is 0.112. The number of carbonyl (C=O) groups is 1. The monoisotopic (exact) mass is 399 g/mol. The van der Waals surface area contributed by atoms with E-state index < -0.39 is 0 Å². The van der Waals surface area contributed by atoms with E-state index in [2.05, 4.69) is 15.6 Å². The molecule has 146 valence electrons. The predicted molar refractivity (Wildman–Crippen MR) is 107 cm³/mol. The SMILES string of the molecule is CCOc1ccc(-n2c(SCC(=O)NCCC#N)nc3c(c2=O)NCC3)cc1. The second kappa shape index (κ2) is 9.28. The van der Waals surface area contributed by atoms with Crippen molar-refractivity contribution < 1.29 is 9.53 Å². The summed E-state index contributed by atoms with van der Waals surface area (Å²) in [7, 11) is 0. The molecule has 0 atom stereocenters. The zero-order valence-electron chi connectivity index (χ0n) is 15.5. The highest BCUT2D eigenvalue weighted by molar-refractivity contribution is 7.99. The van der Waals surface area contributed by atoms with Gasteiger partial charge in [-0.3, -0.25) is 14.2 Å². The van der Waals surface area contributed by atoms with Crippen LogP contribution in [0.25, 0.3) is 5.69 Å². The van der Waals surface area contributed by atoms with E-state index in [1.807, 2.05) is 13.0 Å². The third-order valence-electron chi connectivity index (χ3n) is 4.09. The zero-order valence-corrected chi connectivity index (χ0v) is 16.3. The Morgan fingerprint density at radius 2 is 2.21 bits per heavy atom. The molecule has 28 heavy (non-hydrogen) atoms. The number of nitrogens with zero attached hydrogens (tertiary/aromatic N) is 3. The van der Waals surface area contributed by atoms with Crippen LogP contribution in [0.1, 0.15) is 19.0 Å². The number of hydrogen-bond donors (Lipinski definition) is 2. The van der Waals surface area contributed by atoms with Crippen LogP contribution in [-0.4, -0.2) is 40.9 Å². The van der Waals surface area contributed by atoms with E-state index in [0.29, 0.717) is 42.6 Å². The van der Waals surface area contributed by atoms with Crippen LogP contribution >= 0.6 is 11.8 Å². The van der Waals surface area contributed by atoms with Gasteiger partial charge in [0.15, 0.2) is 5.16 Å². The number of fused-ring (bicyclic) bond motifs is 1. The minimum atomic E-state index is -0.202. The van der Waals surface area contributed by atoms with Crippen LogP contribution in [0.15, 0.2) is 34.2 Å². The molecule has 2 heterocycles. The average Bonchev–Trinajstić information content (AvgIpc) is 3.17. The average molecular weight is 399 g/mol. The summed E-state index contributed by atoms with van der Waals surface area (Å²) < 4.78 is 6.97. The van der Waals surface area contributed by atoms with Crippen LogP contribution in [-0.2, 0) is 11.2 Å². The molecule has 1 aromatic heterocycles. The van der Waals surface area contributed by atoms with Crippen molar-refractivity contribution in [1.82, 2.24) is 14.9 Å². The van der Waals surface area contributed by atoms with Crippen molar-refractivity contribution in [2.45, 2.75) is 24.9 Å². The lowest BCUT2D eigenvalue weighted by atomic mass is 10.3. The zero-order chi connectivity index (χ0) is 19.9. The molecule has 0 radical (unpaired) electrons. The van der Waals surface area contributed by atoms with Gasteiger partial charge in [0.1, 0.15) is 11.4 Å². The molecule has 8 nitrogen and oxygen atoms in total. The van der Waals surface area contributed by atoms with E-state index in [1.165, 1.54) is 16.3 Å². The fourth-order valence-corrected chi connectivity index (χ4v) is 3.68. The van der Waals surface area contributed by atoms with Crippen LogP contribution in [0.5, 0.6) is 5.75 Å². The van der Waals surface area contributed by atoms with Crippen LogP contribution in [0.3, 0.4) is 0 Å². The maximum absolute atomic E-state index is 13.0. The molecule has 0 aliphatic carbocycles. The lowest BCUT2D eigenvalue weighted by molar-refractivity contribution is -0.118. The molecule has 1 aromatic carbocycles. The van der Waals surface area contributed by atoms with Crippen LogP contribution < -0.4 is 20.9 Å². The number of ether oxygens (including phenoxy) is 1. The highest BCUT2D eigenvalue weighted by Crippen LogP contribution is 2.25. The van der Waals surface area contributed by atoms with Gasteiger partial charge in [-0.2, -0.15) is 5.26 Å². The summed E-state index contributed by atoms with van der Waals surface area (Å²) in [6, 6.07) is 9.18. The van der Waals surface area contributed by atoms with E-state index in [1.54, 1.807) is 24.3 Å². The van der Waals surface area contributed by atoms with Crippen LogP contribution in [0, 0.1) is 11.3 Å². The van der Waals surface area contributed by atoms with Crippen LogP contribution in [0.4, 0.5) is 5.69 Å². The van der Waals surface area contributed by atoms with Crippen LogP contribution in [0.2, 0.25) is 0 Å². The first-order valence-corrected chi connectivity index (χ1v) is 10.0. The normalized spacial score (nSPS) is 12.0. The number of carbonyl (C=O) groups excluding carboxylic acids is 1. The topological polar surface area (TPSA) is 109 Å². The molecule has 0 saturated carbocycles. The Bertz CT molecular complexity index is 950. The number of benzene rings is 1. The number of nitriles is 1. The predicted octanol–water partition coefficient (Wildman–Crippen LogP) is 1.72. The van der Waals surface area contributed by atoms with E-state index in [9.17, 15) is 9.59 Å². The Morgan fingerprint density at radius 3 is 2.93 bits per heavy atom. The van der Waals surface area contributed by atoms with E-state index in [-0.39, 0.29) is 23.6 Å². The van der Waals surface area contributed by atoms with E-state index in [4.69, 9.17) is 10.00 Å². The fraction of sp³-hybridized carbons (Fsp3) is 0.368. The van der Waals surface area contributed by atoms with Crippen molar-refractivity contribution in [1.29, 1.82) is 5.26 Å². The van der Waals surface area contributed by atoms with Gasteiger partial charge in [0.25, 0.3) is 5.56 Å². The standard InChI is InChI=1S/C19H21N5O3S/c1-2-27-14-6-4-13(5-7-14)24-18(26)17-15(8-11-22-17)23-19(24)28-12-16(25)21-10-3-9-20/h4-7,22H,2-3,8,10-12H2,1H3,(H,21,25). The molecule has 3 rings (SSSR count). The summed E-state index contributed by atoms with van der Waals surface area (Å²) in [6.07, 6.45) is 0.937. The fourth-order valence-electron chi connectivity index (χ4n) is 2.83. The third-order valence-corrected chi connectivity index (χ3v) is 5.03. The Hall–Kier alpha value is -2.99. The molecule has 0 saturated heterocycles. The van der Waals surface area contributed by atoms with Gasteiger partial charge in [-0.05, 0) is 31.2 Å². The van der Waals surface area contributed by atoms with E-state index >= 15 is 0 Å². The van der Waals surface area contributed by atoms with Gasteiger partial charge in [-0.15, -0.1) is 0 Å². The Kier molecular flexibility index (Phi) is 6.55. The largest absolute Gasteiger partial charge is 0.494 e. The van der Waals surface area contributed by atoms with Gasteiger partial charge in [-0.25, -0.2) is 4.98 Å². The van der Waals surface area contributed by atoms with Gasteiger partial charge in [0.05, 0.1) is 36.2 Å². The van der Waals surface area contributed by atoms with Crippen molar-refractivity contribution in [3.05, 3.63) is 40.3 Å². The molecular weight excluding hydrogens is 378 g/mol. The summed E-state index contributed by atoms with van der Waals surface area (Å²) in [4.78, 5) is 29.6. The number of thioether (sulfide) groups is 1. The highest BCUT2D eigenvalue weighted by atomic mass is 32.2. The molecular formula is C19H21N5O3S. The summed E-state index contributed by atoms with van der Waals surface area (Å²) in [5, 5.41) is 14.8. The van der Waals surface area contributed by atoms with Gasteiger partial charge in [-0.1, -0.05) is 11.8 Å². The van der Waals surface area contributed by atoms with Crippen molar-refractivity contribution in [3.8, 4) is 17.5 Å². The first-order chi connectivity index (χ1) is 13.6. The maximum Gasteiger partial charge on any atom is 0.282 e. The summed E-state index contributed by atoms with van der Waals surface area (Å²) >= 11 is 1.20. The smallest absolute Gasteiger partial charge is 0.282 e. The first-order valence-electron chi connectivity index (χ1n) is 9.03. The second-order valence-electron chi connectivity index (χ2n) is 6.01. The maximum atomic E-state index is 13.0. The Balaban J connectivity index is 1.88. The molecule has 1 amide bonds. The Morgan fingerprint density at radius 1 is 1.43 bits per heavy atom. The van der Waals surface area contributed by atoms with Gasteiger partial charge in [0, 0.05) is 19.5 Å². The second-order valence-corrected chi connectivity index (χ2v) is 6.95. The third kappa shape index (κ3) is 4.46. The molecule has 9 heteroatoms. The van der Waals surface area contributed by atoms with Crippen molar-refractivity contribution in [2.75, 3.05) is 30.8 Å². The van der Waals surface area contributed by atoms with Crippen molar-refractivity contribution >= 4 is 23.4 Å². The van der Waals surface area contributed by atoms with Gasteiger partial charge in [0.2, 0.25) is 5.91 Å². The Labute approximate surface area is 166 Å². The number of rotatable bonds is 8. The summed E-state index contributed by atoms with van der Waals surface area (Å²) in [5.41, 5.74) is 1.71.